The van der Waals surface area contributed by atoms with Crippen LogP contribution in [0.1, 0.15) is 46.1 Å². The van der Waals surface area contributed by atoms with Gasteiger partial charge in [0.1, 0.15) is 16.6 Å². The minimum atomic E-state index is -1.03. The van der Waals surface area contributed by atoms with Crippen LogP contribution in [0, 0.1) is 11.3 Å². The number of thiophene rings is 1. The first-order valence-electron chi connectivity index (χ1n) is 9.34. The molecule has 1 aliphatic carbocycles. The summed E-state index contributed by atoms with van der Waals surface area (Å²) < 4.78 is 5.36. The number of carbonyl (C=O) groups is 2. The summed E-state index contributed by atoms with van der Waals surface area (Å²) in [4.78, 5) is 34.7. The summed E-state index contributed by atoms with van der Waals surface area (Å²) in [6.07, 6.45) is 5.94. The molecular formula is C21H18N4O3S. The van der Waals surface area contributed by atoms with Crippen molar-refractivity contribution in [2.45, 2.75) is 38.7 Å². The number of amides is 1. The first-order valence-corrected chi connectivity index (χ1v) is 10.2. The number of nitriles is 1. The van der Waals surface area contributed by atoms with Crippen LogP contribution in [-0.4, -0.2) is 27.9 Å². The van der Waals surface area contributed by atoms with Crippen LogP contribution >= 0.6 is 11.3 Å². The van der Waals surface area contributed by atoms with E-state index in [4.69, 9.17) is 4.74 Å². The van der Waals surface area contributed by atoms with Gasteiger partial charge < -0.3 is 10.1 Å². The van der Waals surface area contributed by atoms with E-state index in [1.54, 1.807) is 24.4 Å². The molecule has 0 saturated carbocycles. The molecule has 1 aromatic carbocycles. The number of anilines is 1. The molecule has 0 bridgehead atoms. The Balaban J connectivity index is 1.50. The molecule has 2 heterocycles. The Morgan fingerprint density at radius 2 is 2.03 bits per heavy atom. The van der Waals surface area contributed by atoms with E-state index in [2.05, 4.69) is 21.4 Å². The van der Waals surface area contributed by atoms with Gasteiger partial charge in [-0.3, -0.25) is 14.8 Å². The fourth-order valence-corrected chi connectivity index (χ4v) is 4.66. The summed E-state index contributed by atoms with van der Waals surface area (Å²) in [5.41, 5.74) is 2.81. The molecule has 1 aliphatic rings. The second-order valence-corrected chi connectivity index (χ2v) is 7.90. The van der Waals surface area contributed by atoms with Crippen molar-refractivity contribution >= 4 is 39.2 Å². The molecule has 0 radical (unpaired) electrons. The number of aryl methyl sites for hydroxylation is 1. The second kappa shape index (κ2) is 7.97. The number of esters is 1. The molecule has 0 spiro atoms. The quantitative estimate of drug-likeness (QED) is 0.664. The number of nitrogens with one attached hydrogen (secondary N) is 1. The van der Waals surface area contributed by atoms with Gasteiger partial charge >= 0.3 is 5.97 Å². The lowest BCUT2D eigenvalue weighted by molar-refractivity contribution is -0.123. The number of nitrogens with zero attached hydrogens (tertiary/aromatic N) is 3. The zero-order chi connectivity index (χ0) is 20.4. The molecule has 29 heavy (non-hydrogen) atoms. The van der Waals surface area contributed by atoms with Crippen LogP contribution in [-0.2, 0) is 22.4 Å². The molecule has 0 fully saturated rings. The van der Waals surface area contributed by atoms with Crippen molar-refractivity contribution in [2.75, 3.05) is 5.32 Å². The van der Waals surface area contributed by atoms with Crippen molar-refractivity contribution in [3.8, 4) is 6.07 Å². The van der Waals surface area contributed by atoms with Gasteiger partial charge in [-0.15, -0.1) is 11.3 Å². The number of fused-ring (bicyclic) bond motifs is 2. The lowest BCUT2D eigenvalue weighted by atomic mass is 9.96. The van der Waals surface area contributed by atoms with E-state index in [1.807, 2.05) is 0 Å². The first kappa shape index (κ1) is 19.0. The molecule has 0 aliphatic heterocycles. The van der Waals surface area contributed by atoms with Gasteiger partial charge in [-0.05, 0) is 50.3 Å². The van der Waals surface area contributed by atoms with Gasteiger partial charge in [-0.2, -0.15) is 5.26 Å². The predicted octanol–water partition coefficient (Wildman–Crippen LogP) is 3.63. The second-order valence-electron chi connectivity index (χ2n) is 6.79. The molecule has 0 saturated heterocycles. The summed E-state index contributed by atoms with van der Waals surface area (Å²) in [6, 6.07) is 7.23. The summed E-state index contributed by atoms with van der Waals surface area (Å²) in [5.74, 6) is -1.12. The number of rotatable bonds is 4. The van der Waals surface area contributed by atoms with Gasteiger partial charge in [-0.25, -0.2) is 4.79 Å². The average molecular weight is 406 g/mol. The Morgan fingerprint density at radius 3 is 2.86 bits per heavy atom. The molecule has 1 amide bonds. The van der Waals surface area contributed by atoms with Crippen LogP contribution in [0.3, 0.4) is 0 Å². The van der Waals surface area contributed by atoms with Crippen LogP contribution in [0.25, 0.3) is 11.0 Å². The van der Waals surface area contributed by atoms with E-state index in [0.29, 0.717) is 21.6 Å². The maximum atomic E-state index is 12.6. The van der Waals surface area contributed by atoms with E-state index in [0.717, 1.165) is 36.1 Å². The van der Waals surface area contributed by atoms with Gasteiger partial charge in [0, 0.05) is 17.3 Å². The highest BCUT2D eigenvalue weighted by atomic mass is 32.1. The molecule has 1 atom stereocenters. The van der Waals surface area contributed by atoms with E-state index in [-0.39, 0.29) is 5.56 Å². The lowest BCUT2D eigenvalue weighted by Crippen LogP contribution is -2.30. The molecule has 1 N–H and O–H groups in total. The molecule has 3 aromatic rings. The smallest absolute Gasteiger partial charge is 0.341 e. The van der Waals surface area contributed by atoms with Crippen LogP contribution in [0.15, 0.2) is 30.6 Å². The van der Waals surface area contributed by atoms with Gasteiger partial charge in [0.05, 0.1) is 16.6 Å². The highest BCUT2D eigenvalue weighted by molar-refractivity contribution is 7.16. The first-order chi connectivity index (χ1) is 14.1. The molecule has 1 unspecified atom stereocenters. The Morgan fingerprint density at radius 1 is 1.24 bits per heavy atom. The normalized spacial score (nSPS) is 13.9. The minimum absolute atomic E-state index is 0.250. The summed E-state index contributed by atoms with van der Waals surface area (Å²) in [7, 11) is 0. The van der Waals surface area contributed by atoms with Gasteiger partial charge in [0.25, 0.3) is 5.91 Å². The van der Waals surface area contributed by atoms with E-state index >= 15 is 0 Å². The van der Waals surface area contributed by atoms with Crippen molar-refractivity contribution in [3.05, 3.63) is 52.2 Å². The number of hydrogen-bond acceptors (Lipinski definition) is 7. The highest BCUT2D eigenvalue weighted by Crippen LogP contribution is 2.37. The minimum Gasteiger partial charge on any atom is -0.449 e. The van der Waals surface area contributed by atoms with E-state index in [1.165, 1.54) is 24.5 Å². The number of para-hydroxylation sites is 1. The SMILES string of the molecule is CC(OC(=O)c1cccc2nccnc12)C(=O)Nc1sc2c(c1C#N)CCCC2. The number of aromatic nitrogens is 2. The zero-order valence-electron chi connectivity index (χ0n) is 15.8. The van der Waals surface area contributed by atoms with Crippen molar-refractivity contribution in [1.82, 2.24) is 9.97 Å². The Bertz CT molecular complexity index is 1140. The monoisotopic (exact) mass is 406 g/mol. The highest BCUT2D eigenvalue weighted by Gasteiger charge is 2.25. The number of carbonyl (C=O) groups excluding carboxylic acids is 2. The third kappa shape index (κ3) is 3.69. The van der Waals surface area contributed by atoms with Gasteiger partial charge in [0.15, 0.2) is 6.10 Å². The topological polar surface area (TPSA) is 105 Å². The Kier molecular flexibility index (Phi) is 5.23. The molecule has 146 valence electrons. The molecule has 2 aromatic heterocycles. The van der Waals surface area contributed by atoms with Crippen LogP contribution < -0.4 is 5.32 Å². The third-order valence-electron chi connectivity index (χ3n) is 4.89. The Hall–Kier alpha value is -3.31. The van der Waals surface area contributed by atoms with Gasteiger partial charge in [-0.1, -0.05) is 6.07 Å². The van der Waals surface area contributed by atoms with Crippen LogP contribution in [0.5, 0.6) is 0 Å². The fraction of sp³-hybridized carbons (Fsp3) is 0.286. The third-order valence-corrected chi connectivity index (χ3v) is 6.10. The summed E-state index contributed by atoms with van der Waals surface area (Å²) in [6.45, 7) is 1.50. The summed E-state index contributed by atoms with van der Waals surface area (Å²) in [5, 5.41) is 12.8. The standard InChI is InChI=1S/C21H18N4O3S/c1-12(28-21(27)14-6-4-7-16-18(14)24-10-9-23-16)19(26)25-20-15(11-22)13-5-2-3-8-17(13)29-20/h4,6-7,9-10,12H,2-3,5,8H2,1H3,(H,25,26). The predicted molar refractivity (Wildman–Crippen MR) is 109 cm³/mol. The van der Waals surface area contributed by atoms with Crippen LogP contribution in [0.2, 0.25) is 0 Å². The number of ether oxygens (including phenoxy) is 1. The lowest BCUT2D eigenvalue weighted by Gasteiger charge is -2.13. The molecule has 8 heteroatoms. The van der Waals surface area contributed by atoms with Crippen molar-refractivity contribution in [1.29, 1.82) is 5.26 Å². The molecule has 4 rings (SSSR count). The van der Waals surface area contributed by atoms with Gasteiger partial charge in [0.2, 0.25) is 0 Å². The maximum Gasteiger partial charge on any atom is 0.341 e. The van der Waals surface area contributed by atoms with E-state index < -0.39 is 18.0 Å². The summed E-state index contributed by atoms with van der Waals surface area (Å²) >= 11 is 1.44. The largest absolute Gasteiger partial charge is 0.449 e. The van der Waals surface area contributed by atoms with E-state index in [9.17, 15) is 14.9 Å². The van der Waals surface area contributed by atoms with Crippen molar-refractivity contribution < 1.29 is 14.3 Å². The Labute approximate surface area is 171 Å². The maximum absolute atomic E-state index is 12.6. The van der Waals surface area contributed by atoms with Crippen LogP contribution in [0.4, 0.5) is 5.00 Å². The average Bonchev–Trinajstić information content (AvgIpc) is 3.10. The van der Waals surface area contributed by atoms with Crippen molar-refractivity contribution in [2.24, 2.45) is 0 Å². The zero-order valence-corrected chi connectivity index (χ0v) is 16.6. The fourth-order valence-electron chi connectivity index (χ4n) is 3.42. The number of hydrogen-bond donors (Lipinski definition) is 1. The molecule has 7 nitrogen and oxygen atoms in total. The molecular weight excluding hydrogens is 388 g/mol. The van der Waals surface area contributed by atoms with Crippen molar-refractivity contribution in [3.63, 3.8) is 0 Å². The number of benzene rings is 1.